The molecule has 0 saturated carbocycles. The zero-order valence-corrected chi connectivity index (χ0v) is 15.3. The van der Waals surface area contributed by atoms with Gasteiger partial charge < -0.3 is 9.80 Å². The molecule has 1 aromatic rings. The number of likely N-dealkylation sites (tertiary alicyclic amines) is 1. The van der Waals surface area contributed by atoms with Gasteiger partial charge >= 0.3 is 0 Å². The number of hydrogen-bond acceptors (Lipinski definition) is 2. The van der Waals surface area contributed by atoms with Crippen LogP contribution in [0.25, 0.3) is 0 Å². The van der Waals surface area contributed by atoms with E-state index < -0.39 is 0 Å². The third kappa shape index (κ3) is 5.79. The lowest BCUT2D eigenvalue weighted by Crippen LogP contribution is -2.42. The number of rotatable bonds is 8. The van der Waals surface area contributed by atoms with Gasteiger partial charge in [0.2, 0.25) is 5.91 Å². The molecule has 0 radical (unpaired) electrons. The molecule has 1 heterocycles. The summed E-state index contributed by atoms with van der Waals surface area (Å²) in [4.78, 5) is 16.6. The first kappa shape index (κ1) is 18.7. The SMILES string of the molecule is C=CCCC(=O)N(C)CC1CCCN(CCc2ccccc2C)C1. The molecule has 24 heavy (non-hydrogen) atoms. The minimum atomic E-state index is 0.243. The zero-order valence-electron chi connectivity index (χ0n) is 15.3. The van der Waals surface area contributed by atoms with Gasteiger partial charge in [-0.2, -0.15) is 0 Å². The van der Waals surface area contributed by atoms with E-state index in [-0.39, 0.29) is 5.91 Å². The second-order valence-electron chi connectivity index (χ2n) is 7.09. The summed E-state index contributed by atoms with van der Waals surface area (Å²) in [7, 11) is 1.94. The molecule has 2 rings (SSSR count). The van der Waals surface area contributed by atoms with Crippen LogP contribution in [0.4, 0.5) is 0 Å². The van der Waals surface area contributed by atoms with Gasteiger partial charge in [-0.1, -0.05) is 30.3 Å². The predicted molar refractivity (Wildman–Crippen MR) is 101 cm³/mol. The van der Waals surface area contributed by atoms with Crippen LogP contribution in [-0.4, -0.2) is 48.9 Å². The number of piperidine rings is 1. The highest BCUT2D eigenvalue weighted by atomic mass is 16.2. The van der Waals surface area contributed by atoms with Crippen LogP contribution in [0.1, 0.15) is 36.8 Å². The van der Waals surface area contributed by atoms with Crippen LogP contribution < -0.4 is 0 Å². The molecular formula is C21H32N2O. The van der Waals surface area contributed by atoms with Gasteiger partial charge in [0.25, 0.3) is 0 Å². The molecule has 0 aliphatic carbocycles. The lowest BCUT2D eigenvalue weighted by atomic mass is 9.96. The van der Waals surface area contributed by atoms with Gasteiger partial charge in [0.1, 0.15) is 0 Å². The highest BCUT2D eigenvalue weighted by Crippen LogP contribution is 2.19. The van der Waals surface area contributed by atoms with Crippen LogP contribution in [0.3, 0.4) is 0 Å². The van der Waals surface area contributed by atoms with E-state index in [4.69, 9.17) is 0 Å². The second-order valence-corrected chi connectivity index (χ2v) is 7.09. The molecule has 1 amide bonds. The van der Waals surface area contributed by atoms with E-state index in [0.717, 1.165) is 32.5 Å². The van der Waals surface area contributed by atoms with Crippen molar-refractivity contribution in [3.63, 3.8) is 0 Å². The van der Waals surface area contributed by atoms with Crippen molar-refractivity contribution in [3.8, 4) is 0 Å². The minimum absolute atomic E-state index is 0.243. The quantitative estimate of drug-likeness (QED) is 0.680. The Bertz CT molecular complexity index is 540. The maximum absolute atomic E-state index is 12.1. The highest BCUT2D eigenvalue weighted by Gasteiger charge is 2.22. The molecule has 1 fully saturated rings. The summed E-state index contributed by atoms with van der Waals surface area (Å²) in [6, 6.07) is 8.67. The van der Waals surface area contributed by atoms with Gasteiger partial charge in [0, 0.05) is 33.1 Å². The summed E-state index contributed by atoms with van der Waals surface area (Å²) in [6.07, 6.45) is 6.78. The Morgan fingerprint density at radius 3 is 2.96 bits per heavy atom. The first-order chi connectivity index (χ1) is 11.6. The van der Waals surface area contributed by atoms with Gasteiger partial charge in [0.15, 0.2) is 0 Å². The summed E-state index contributed by atoms with van der Waals surface area (Å²) in [5.41, 5.74) is 2.84. The Kier molecular flexibility index (Phi) is 7.51. The van der Waals surface area contributed by atoms with Crippen LogP contribution >= 0.6 is 0 Å². The molecule has 1 aliphatic rings. The largest absolute Gasteiger partial charge is 0.345 e. The number of carbonyl (C=O) groups excluding carboxylic acids is 1. The molecule has 3 nitrogen and oxygen atoms in total. The first-order valence-corrected chi connectivity index (χ1v) is 9.22. The van der Waals surface area contributed by atoms with Crippen molar-refractivity contribution in [1.82, 2.24) is 9.80 Å². The van der Waals surface area contributed by atoms with Crippen LogP contribution in [0.15, 0.2) is 36.9 Å². The monoisotopic (exact) mass is 328 g/mol. The van der Waals surface area contributed by atoms with Crippen LogP contribution in [0.2, 0.25) is 0 Å². The summed E-state index contributed by atoms with van der Waals surface area (Å²) in [6.45, 7) is 10.2. The topological polar surface area (TPSA) is 23.6 Å². The molecule has 1 aromatic carbocycles. The summed E-state index contributed by atoms with van der Waals surface area (Å²) in [5.74, 6) is 0.847. The average Bonchev–Trinajstić information content (AvgIpc) is 2.59. The molecule has 1 aliphatic heterocycles. The van der Waals surface area contributed by atoms with Gasteiger partial charge in [-0.15, -0.1) is 6.58 Å². The molecule has 1 atom stereocenters. The van der Waals surface area contributed by atoms with Gasteiger partial charge in [-0.25, -0.2) is 0 Å². The number of amides is 1. The molecule has 1 saturated heterocycles. The number of nitrogens with zero attached hydrogens (tertiary/aromatic N) is 2. The fourth-order valence-electron chi connectivity index (χ4n) is 3.58. The fourth-order valence-corrected chi connectivity index (χ4v) is 3.58. The summed E-state index contributed by atoms with van der Waals surface area (Å²) in [5, 5.41) is 0. The number of aryl methyl sites for hydroxylation is 1. The van der Waals surface area contributed by atoms with Gasteiger partial charge in [0.05, 0.1) is 0 Å². The van der Waals surface area contributed by atoms with Crippen molar-refractivity contribution in [2.24, 2.45) is 5.92 Å². The van der Waals surface area contributed by atoms with Crippen LogP contribution in [0.5, 0.6) is 0 Å². The Morgan fingerprint density at radius 2 is 2.21 bits per heavy atom. The Hall–Kier alpha value is -1.61. The summed E-state index contributed by atoms with van der Waals surface area (Å²) >= 11 is 0. The van der Waals surface area contributed by atoms with E-state index in [1.165, 1.54) is 30.5 Å². The molecular weight excluding hydrogens is 296 g/mol. The van der Waals surface area contributed by atoms with E-state index in [1.54, 1.807) is 0 Å². The molecule has 0 N–H and O–H groups in total. The smallest absolute Gasteiger partial charge is 0.222 e. The average molecular weight is 329 g/mol. The van der Waals surface area contributed by atoms with Crippen molar-refractivity contribution in [3.05, 3.63) is 48.0 Å². The molecule has 0 aromatic heterocycles. The highest BCUT2D eigenvalue weighted by molar-refractivity contribution is 5.75. The standard InChI is InChI=1S/C21H32N2O/c1-4-5-12-21(24)22(3)16-19-10-8-14-23(17-19)15-13-20-11-7-6-9-18(20)2/h4,6-7,9,11,19H,1,5,8,10,12-17H2,2-3H3. The van der Waals surface area contributed by atoms with E-state index in [0.29, 0.717) is 12.3 Å². The van der Waals surface area contributed by atoms with E-state index in [9.17, 15) is 4.79 Å². The lowest BCUT2D eigenvalue weighted by molar-refractivity contribution is -0.130. The summed E-state index contributed by atoms with van der Waals surface area (Å²) < 4.78 is 0. The second kappa shape index (κ2) is 9.63. The first-order valence-electron chi connectivity index (χ1n) is 9.22. The Labute approximate surface area is 147 Å². The molecule has 1 unspecified atom stereocenters. The third-order valence-electron chi connectivity index (χ3n) is 5.08. The van der Waals surface area contributed by atoms with E-state index in [2.05, 4.69) is 42.7 Å². The third-order valence-corrected chi connectivity index (χ3v) is 5.08. The number of allylic oxidation sites excluding steroid dienone is 1. The zero-order chi connectivity index (χ0) is 17.4. The van der Waals surface area contributed by atoms with Gasteiger partial charge in [-0.05, 0) is 56.2 Å². The van der Waals surface area contributed by atoms with E-state index >= 15 is 0 Å². The van der Waals surface area contributed by atoms with Crippen LogP contribution in [-0.2, 0) is 11.2 Å². The van der Waals surface area contributed by atoms with E-state index in [1.807, 2.05) is 18.0 Å². The molecule has 0 bridgehead atoms. The Balaban J connectivity index is 1.78. The van der Waals surface area contributed by atoms with Gasteiger partial charge in [-0.3, -0.25) is 4.79 Å². The maximum Gasteiger partial charge on any atom is 0.222 e. The normalized spacial score (nSPS) is 18.3. The van der Waals surface area contributed by atoms with Crippen molar-refractivity contribution in [1.29, 1.82) is 0 Å². The number of carbonyl (C=O) groups is 1. The predicted octanol–water partition coefficient (Wildman–Crippen LogP) is 3.67. The lowest BCUT2D eigenvalue weighted by Gasteiger charge is -2.35. The number of hydrogen-bond donors (Lipinski definition) is 0. The van der Waals surface area contributed by atoms with Crippen molar-refractivity contribution in [2.45, 2.75) is 39.0 Å². The Morgan fingerprint density at radius 1 is 1.42 bits per heavy atom. The van der Waals surface area contributed by atoms with Crippen molar-refractivity contribution < 1.29 is 4.79 Å². The van der Waals surface area contributed by atoms with Crippen molar-refractivity contribution in [2.75, 3.05) is 33.2 Å². The number of benzene rings is 1. The fraction of sp³-hybridized carbons (Fsp3) is 0.571. The molecule has 132 valence electrons. The maximum atomic E-state index is 12.1. The molecule has 3 heteroatoms. The van der Waals surface area contributed by atoms with Crippen LogP contribution in [0, 0.1) is 12.8 Å². The van der Waals surface area contributed by atoms with Crippen molar-refractivity contribution >= 4 is 5.91 Å². The minimum Gasteiger partial charge on any atom is -0.345 e. The molecule has 0 spiro atoms.